The van der Waals surface area contributed by atoms with E-state index in [0.717, 1.165) is 18.7 Å². The Morgan fingerprint density at radius 1 is 1.33 bits per heavy atom. The third-order valence-electron chi connectivity index (χ3n) is 3.67. The summed E-state index contributed by atoms with van der Waals surface area (Å²) in [5.41, 5.74) is -0.439. The summed E-state index contributed by atoms with van der Waals surface area (Å²) in [5, 5.41) is 8.30. The molecule has 0 bridgehead atoms. The summed E-state index contributed by atoms with van der Waals surface area (Å²) in [4.78, 5) is 13.8. The van der Waals surface area contributed by atoms with Gasteiger partial charge >= 0.3 is 6.09 Å². The van der Waals surface area contributed by atoms with Crippen LogP contribution in [0.3, 0.4) is 0 Å². The number of nitrogens with zero attached hydrogens (tertiary/aromatic N) is 4. The second-order valence-electron chi connectivity index (χ2n) is 6.93. The van der Waals surface area contributed by atoms with Crippen molar-refractivity contribution < 1.29 is 9.53 Å². The molecule has 1 aromatic rings. The Balaban J connectivity index is 1.94. The van der Waals surface area contributed by atoms with Gasteiger partial charge in [0.2, 0.25) is 0 Å². The maximum absolute atomic E-state index is 12.1. The molecule has 1 fully saturated rings. The molecular formula is C15H26N4O2. The minimum absolute atomic E-state index is 0.216. The lowest BCUT2D eigenvalue weighted by molar-refractivity contribution is 0.0202. The molecule has 118 valence electrons. The Kier molecular flexibility index (Phi) is 4.54. The van der Waals surface area contributed by atoms with Gasteiger partial charge in [-0.2, -0.15) is 0 Å². The van der Waals surface area contributed by atoms with Crippen molar-refractivity contribution in [3.63, 3.8) is 0 Å². The average Bonchev–Trinajstić information content (AvgIpc) is 2.86. The number of aromatic nitrogens is 3. The molecule has 1 amide bonds. The topological polar surface area (TPSA) is 60.2 Å². The van der Waals surface area contributed by atoms with Crippen LogP contribution in [-0.4, -0.2) is 44.4 Å². The van der Waals surface area contributed by atoms with Crippen molar-refractivity contribution in [3.05, 3.63) is 12.2 Å². The molecule has 0 aromatic carbocycles. The van der Waals surface area contributed by atoms with Crippen LogP contribution in [0, 0.1) is 0 Å². The van der Waals surface area contributed by atoms with Crippen LogP contribution in [0.2, 0.25) is 0 Å². The maximum Gasteiger partial charge on any atom is 0.410 e. The third kappa shape index (κ3) is 3.95. The first-order chi connectivity index (χ1) is 9.78. The lowest BCUT2D eigenvalue weighted by Gasteiger charge is -2.33. The largest absolute Gasteiger partial charge is 0.444 e. The van der Waals surface area contributed by atoms with Crippen LogP contribution in [0.1, 0.15) is 65.2 Å². The molecule has 6 nitrogen and oxygen atoms in total. The molecular weight excluding hydrogens is 268 g/mol. The Hall–Kier alpha value is -1.59. The van der Waals surface area contributed by atoms with E-state index in [-0.39, 0.29) is 6.09 Å². The van der Waals surface area contributed by atoms with Crippen molar-refractivity contribution in [2.24, 2.45) is 0 Å². The fourth-order valence-electron chi connectivity index (χ4n) is 2.59. The van der Waals surface area contributed by atoms with Gasteiger partial charge in [0.05, 0.1) is 0 Å². The van der Waals surface area contributed by atoms with Crippen LogP contribution in [0.5, 0.6) is 0 Å². The molecule has 0 N–H and O–H groups in total. The van der Waals surface area contributed by atoms with E-state index in [0.29, 0.717) is 25.0 Å². The summed E-state index contributed by atoms with van der Waals surface area (Å²) in [6, 6.07) is 0.360. The standard InChI is InChI=1S/C15H26N4O2/c1-11(2)19-10-16-17-13(19)12-6-8-18(9-7-12)14(20)21-15(3,4)5/h10-12H,6-9H2,1-5H3. The molecule has 1 aliphatic rings. The Morgan fingerprint density at radius 2 is 1.95 bits per heavy atom. The molecule has 1 saturated heterocycles. The van der Waals surface area contributed by atoms with Gasteiger partial charge in [-0.3, -0.25) is 0 Å². The first-order valence-corrected chi connectivity index (χ1v) is 7.65. The van der Waals surface area contributed by atoms with Crippen molar-refractivity contribution in [2.45, 2.75) is 65.0 Å². The highest BCUT2D eigenvalue weighted by atomic mass is 16.6. The number of likely N-dealkylation sites (tertiary alicyclic amines) is 1. The van der Waals surface area contributed by atoms with Crippen LogP contribution in [0.25, 0.3) is 0 Å². The van der Waals surface area contributed by atoms with Crippen molar-refractivity contribution in [1.82, 2.24) is 19.7 Å². The highest BCUT2D eigenvalue weighted by Crippen LogP contribution is 2.28. The fourth-order valence-corrected chi connectivity index (χ4v) is 2.59. The smallest absolute Gasteiger partial charge is 0.410 e. The van der Waals surface area contributed by atoms with E-state index in [2.05, 4.69) is 28.6 Å². The first kappa shape index (κ1) is 15.8. The van der Waals surface area contributed by atoms with Crippen LogP contribution < -0.4 is 0 Å². The summed E-state index contributed by atoms with van der Waals surface area (Å²) in [6.45, 7) is 11.4. The van der Waals surface area contributed by atoms with Gasteiger partial charge in [0.1, 0.15) is 17.8 Å². The number of amides is 1. The molecule has 6 heteroatoms. The molecule has 0 spiro atoms. The summed E-state index contributed by atoms with van der Waals surface area (Å²) in [5.74, 6) is 1.41. The van der Waals surface area contributed by atoms with Gasteiger partial charge in [-0.15, -0.1) is 10.2 Å². The molecule has 1 aliphatic heterocycles. The quantitative estimate of drug-likeness (QED) is 0.841. The first-order valence-electron chi connectivity index (χ1n) is 7.65. The summed E-state index contributed by atoms with van der Waals surface area (Å²) < 4.78 is 7.54. The van der Waals surface area contributed by atoms with E-state index in [1.54, 1.807) is 11.2 Å². The van der Waals surface area contributed by atoms with Gasteiger partial charge in [-0.25, -0.2) is 4.79 Å². The van der Waals surface area contributed by atoms with Crippen molar-refractivity contribution in [2.75, 3.05) is 13.1 Å². The van der Waals surface area contributed by atoms with Crippen LogP contribution in [0.15, 0.2) is 6.33 Å². The molecule has 2 heterocycles. The highest BCUT2D eigenvalue weighted by Gasteiger charge is 2.29. The van der Waals surface area contributed by atoms with E-state index < -0.39 is 5.60 Å². The predicted octanol–water partition coefficient (Wildman–Crippen LogP) is 2.97. The minimum atomic E-state index is -0.439. The van der Waals surface area contributed by atoms with Crippen LogP contribution in [0.4, 0.5) is 4.79 Å². The third-order valence-corrected chi connectivity index (χ3v) is 3.67. The predicted molar refractivity (Wildman–Crippen MR) is 80.2 cm³/mol. The summed E-state index contributed by atoms with van der Waals surface area (Å²) in [6.07, 6.45) is 3.39. The number of ether oxygens (including phenoxy) is 1. The number of hydrogen-bond acceptors (Lipinski definition) is 4. The van der Waals surface area contributed by atoms with E-state index in [9.17, 15) is 4.79 Å². The number of carbonyl (C=O) groups is 1. The molecule has 0 radical (unpaired) electrons. The van der Waals surface area contributed by atoms with Gasteiger partial charge in [0.15, 0.2) is 0 Å². The monoisotopic (exact) mass is 294 g/mol. The molecule has 21 heavy (non-hydrogen) atoms. The second kappa shape index (κ2) is 6.03. The van der Waals surface area contributed by atoms with Crippen molar-refractivity contribution in [3.8, 4) is 0 Å². The Morgan fingerprint density at radius 3 is 2.48 bits per heavy atom. The van der Waals surface area contributed by atoms with Gasteiger partial charge in [-0.05, 0) is 47.5 Å². The summed E-state index contributed by atoms with van der Waals surface area (Å²) in [7, 11) is 0. The number of rotatable bonds is 2. The Bertz CT molecular complexity index is 482. The maximum atomic E-state index is 12.1. The van der Waals surface area contributed by atoms with E-state index in [1.165, 1.54) is 0 Å². The van der Waals surface area contributed by atoms with Gasteiger partial charge < -0.3 is 14.2 Å². The lowest BCUT2D eigenvalue weighted by Crippen LogP contribution is -2.41. The van der Waals surface area contributed by atoms with Crippen molar-refractivity contribution in [1.29, 1.82) is 0 Å². The molecule has 0 aliphatic carbocycles. The molecule has 0 atom stereocenters. The van der Waals surface area contributed by atoms with Gasteiger partial charge in [0, 0.05) is 25.0 Å². The SMILES string of the molecule is CC(C)n1cnnc1C1CCN(C(=O)OC(C)(C)C)CC1. The average molecular weight is 294 g/mol. The fraction of sp³-hybridized carbons (Fsp3) is 0.800. The molecule has 1 aromatic heterocycles. The number of hydrogen-bond donors (Lipinski definition) is 0. The zero-order chi connectivity index (χ0) is 15.6. The lowest BCUT2D eigenvalue weighted by atomic mass is 9.96. The van der Waals surface area contributed by atoms with Crippen LogP contribution in [-0.2, 0) is 4.74 Å². The molecule has 0 unspecified atom stereocenters. The zero-order valence-electron chi connectivity index (χ0n) is 13.7. The van der Waals surface area contributed by atoms with E-state index in [4.69, 9.17) is 4.74 Å². The number of piperidine rings is 1. The Labute approximate surface area is 126 Å². The van der Waals surface area contributed by atoms with Crippen LogP contribution >= 0.6 is 0 Å². The normalized spacial score (nSPS) is 17.3. The van der Waals surface area contributed by atoms with Crippen molar-refractivity contribution >= 4 is 6.09 Å². The van der Waals surface area contributed by atoms with Gasteiger partial charge in [0.25, 0.3) is 0 Å². The summed E-state index contributed by atoms with van der Waals surface area (Å²) >= 11 is 0. The van der Waals surface area contributed by atoms with E-state index >= 15 is 0 Å². The van der Waals surface area contributed by atoms with E-state index in [1.807, 2.05) is 20.8 Å². The molecule has 2 rings (SSSR count). The van der Waals surface area contributed by atoms with Gasteiger partial charge in [-0.1, -0.05) is 0 Å². The zero-order valence-corrected chi connectivity index (χ0v) is 13.7. The highest BCUT2D eigenvalue weighted by molar-refractivity contribution is 5.68. The minimum Gasteiger partial charge on any atom is -0.444 e. The second-order valence-corrected chi connectivity index (χ2v) is 6.93. The number of carbonyl (C=O) groups excluding carboxylic acids is 1. The molecule has 0 saturated carbocycles.